The average molecular weight is 271 g/mol. The number of hydrogen-bond acceptors (Lipinski definition) is 3. The summed E-state index contributed by atoms with van der Waals surface area (Å²) in [5, 5.41) is 12.7. The molecule has 0 radical (unpaired) electrons. The predicted octanol–water partition coefficient (Wildman–Crippen LogP) is 4.35. The Hall–Kier alpha value is -2.16. The molecular weight excluding hydrogens is 250 g/mol. The predicted molar refractivity (Wildman–Crippen MR) is 82.4 cm³/mol. The summed E-state index contributed by atoms with van der Waals surface area (Å²) in [6.45, 7) is 4.95. The van der Waals surface area contributed by atoms with Crippen LogP contribution in [-0.4, -0.2) is 11.7 Å². The molecule has 0 aromatic heterocycles. The van der Waals surface area contributed by atoms with E-state index in [2.05, 4.69) is 31.3 Å². The molecule has 3 nitrogen and oxygen atoms in total. The van der Waals surface area contributed by atoms with E-state index in [9.17, 15) is 5.11 Å². The Balaban J connectivity index is 1.98. The molecule has 0 aliphatic heterocycles. The zero-order valence-electron chi connectivity index (χ0n) is 12.0. The fraction of sp³-hybridized carbons (Fsp3) is 0.294. The van der Waals surface area contributed by atoms with E-state index in [0.29, 0.717) is 0 Å². The molecule has 1 atom stereocenters. The smallest absolute Gasteiger partial charge is 0.119 e. The highest BCUT2D eigenvalue weighted by Gasteiger charge is 2.05. The molecule has 1 unspecified atom stereocenters. The molecule has 3 heteroatoms. The highest BCUT2D eigenvalue weighted by Crippen LogP contribution is 2.23. The summed E-state index contributed by atoms with van der Waals surface area (Å²) in [4.78, 5) is 0. The molecule has 0 bridgehead atoms. The Labute approximate surface area is 120 Å². The Morgan fingerprint density at radius 1 is 1.05 bits per heavy atom. The van der Waals surface area contributed by atoms with Crippen molar-refractivity contribution in [1.82, 2.24) is 0 Å². The summed E-state index contributed by atoms with van der Waals surface area (Å²) < 4.78 is 5.57. The Morgan fingerprint density at radius 2 is 1.70 bits per heavy atom. The molecule has 0 amide bonds. The van der Waals surface area contributed by atoms with E-state index >= 15 is 0 Å². The number of ether oxygens (including phenoxy) is 1. The molecular formula is C17H21NO2. The van der Waals surface area contributed by atoms with Crippen LogP contribution in [0.3, 0.4) is 0 Å². The number of rotatable bonds is 6. The maximum Gasteiger partial charge on any atom is 0.119 e. The molecule has 2 N–H and O–H groups in total. The van der Waals surface area contributed by atoms with Gasteiger partial charge in [-0.25, -0.2) is 0 Å². The van der Waals surface area contributed by atoms with Gasteiger partial charge in [0.1, 0.15) is 11.5 Å². The van der Waals surface area contributed by atoms with Gasteiger partial charge < -0.3 is 15.2 Å². The quantitative estimate of drug-likeness (QED) is 0.767. The monoisotopic (exact) mass is 271 g/mol. The van der Waals surface area contributed by atoms with Crippen molar-refractivity contribution >= 4 is 5.69 Å². The minimum absolute atomic E-state index is 0.194. The van der Waals surface area contributed by atoms with E-state index in [4.69, 9.17) is 4.74 Å². The van der Waals surface area contributed by atoms with Crippen molar-refractivity contribution in [3.05, 3.63) is 54.1 Å². The molecule has 2 aromatic carbocycles. The second kappa shape index (κ2) is 6.85. The Kier molecular flexibility index (Phi) is 4.88. The number of anilines is 1. The third kappa shape index (κ3) is 3.92. The summed E-state index contributed by atoms with van der Waals surface area (Å²) in [5.74, 6) is 1.19. The molecule has 0 spiro atoms. The molecule has 0 saturated heterocycles. The molecule has 2 aromatic rings. The fourth-order valence-corrected chi connectivity index (χ4v) is 1.96. The number of aromatic hydroxyl groups is 1. The largest absolute Gasteiger partial charge is 0.508 e. The van der Waals surface area contributed by atoms with Crippen LogP contribution in [0.15, 0.2) is 48.5 Å². The summed E-state index contributed by atoms with van der Waals surface area (Å²) in [5.41, 5.74) is 2.18. The normalized spacial score (nSPS) is 11.9. The lowest BCUT2D eigenvalue weighted by Gasteiger charge is -2.16. The molecule has 0 heterocycles. The van der Waals surface area contributed by atoms with Gasteiger partial charge in [-0.05, 0) is 55.3 Å². The van der Waals surface area contributed by atoms with Crippen molar-refractivity contribution in [3.8, 4) is 11.5 Å². The van der Waals surface area contributed by atoms with Crippen molar-refractivity contribution in [2.45, 2.75) is 26.3 Å². The van der Waals surface area contributed by atoms with Crippen LogP contribution in [0.1, 0.15) is 31.9 Å². The van der Waals surface area contributed by atoms with Crippen LogP contribution in [0.2, 0.25) is 0 Å². The molecule has 0 fully saturated rings. The van der Waals surface area contributed by atoms with E-state index < -0.39 is 0 Å². The van der Waals surface area contributed by atoms with E-state index in [1.54, 1.807) is 12.1 Å². The van der Waals surface area contributed by atoms with Crippen molar-refractivity contribution in [2.24, 2.45) is 0 Å². The van der Waals surface area contributed by atoms with E-state index in [-0.39, 0.29) is 11.8 Å². The first-order chi connectivity index (χ1) is 9.69. The number of benzene rings is 2. The van der Waals surface area contributed by atoms with Crippen LogP contribution in [0.25, 0.3) is 0 Å². The zero-order chi connectivity index (χ0) is 14.4. The second-order valence-electron chi connectivity index (χ2n) is 4.83. The molecule has 20 heavy (non-hydrogen) atoms. The van der Waals surface area contributed by atoms with Gasteiger partial charge in [0.25, 0.3) is 0 Å². The van der Waals surface area contributed by atoms with E-state index in [1.807, 2.05) is 24.3 Å². The topological polar surface area (TPSA) is 41.5 Å². The van der Waals surface area contributed by atoms with Gasteiger partial charge in [-0.2, -0.15) is 0 Å². The molecule has 106 valence electrons. The van der Waals surface area contributed by atoms with Gasteiger partial charge >= 0.3 is 0 Å². The first kappa shape index (κ1) is 14.3. The van der Waals surface area contributed by atoms with Crippen molar-refractivity contribution in [3.63, 3.8) is 0 Å². The van der Waals surface area contributed by atoms with Crippen molar-refractivity contribution in [1.29, 1.82) is 0 Å². The minimum atomic E-state index is 0.194. The van der Waals surface area contributed by atoms with Crippen LogP contribution < -0.4 is 10.1 Å². The van der Waals surface area contributed by atoms with Gasteiger partial charge in [-0.15, -0.1) is 0 Å². The minimum Gasteiger partial charge on any atom is -0.508 e. The second-order valence-corrected chi connectivity index (χ2v) is 4.83. The third-order valence-corrected chi connectivity index (χ3v) is 3.10. The lowest BCUT2D eigenvalue weighted by atomic mass is 10.1. The molecule has 0 aliphatic carbocycles. The van der Waals surface area contributed by atoms with Gasteiger partial charge in [0.2, 0.25) is 0 Å². The lowest BCUT2D eigenvalue weighted by Crippen LogP contribution is -2.06. The van der Waals surface area contributed by atoms with Crippen molar-refractivity contribution < 1.29 is 9.84 Å². The average Bonchev–Trinajstić information content (AvgIpc) is 2.48. The van der Waals surface area contributed by atoms with Crippen molar-refractivity contribution in [2.75, 3.05) is 11.9 Å². The van der Waals surface area contributed by atoms with Gasteiger partial charge in [0, 0.05) is 11.7 Å². The maximum absolute atomic E-state index is 9.27. The summed E-state index contributed by atoms with van der Waals surface area (Å²) in [6, 6.07) is 15.4. The van der Waals surface area contributed by atoms with Gasteiger partial charge in [0.15, 0.2) is 0 Å². The molecule has 0 aliphatic rings. The number of phenolic OH excluding ortho intramolecular Hbond substituents is 1. The standard InChI is InChI=1S/C17H21NO2/c1-3-12-20-17-10-4-14(5-11-17)13(2)18-15-6-8-16(19)9-7-15/h4-11,13,18-19H,3,12H2,1-2H3. The summed E-state index contributed by atoms with van der Waals surface area (Å²) >= 11 is 0. The van der Waals surface area contributed by atoms with Gasteiger partial charge in [0.05, 0.1) is 6.61 Å². The SMILES string of the molecule is CCCOc1ccc(C(C)Nc2ccc(O)cc2)cc1. The van der Waals surface area contributed by atoms with E-state index in [1.165, 1.54) is 5.56 Å². The maximum atomic E-state index is 9.27. The van der Waals surface area contributed by atoms with Crippen LogP contribution in [0.5, 0.6) is 11.5 Å². The van der Waals surface area contributed by atoms with Crippen LogP contribution >= 0.6 is 0 Å². The molecule has 2 rings (SSSR count). The first-order valence-electron chi connectivity index (χ1n) is 6.97. The Morgan fingerprint density at radius 3 is 2.30 bits per heavy atom. The molecule has 0 saturated carbocycles. The van der Waals surface area contributed by atoms with Gasteiger partial charge in [-0.1, -0.05) is 19.1 Å². The van der Waals surface area contributed by atoms with Crippen LogP contribution in [0, 0.1) is 0 Å². The third-order valence-electron chi connectivity index (χ3n) is 3.10. The van der Waals surface area contributed by atoms with Crippen LogP contribution in [-0.2, 0) is 0 Å². The fourth-order valence-electron chi connectivity index (χ4n) is 1.96. The van der Waals surface area contributed by atoms with Crippen LogP contribution in [0.4, 0.5) is 5.69 Å². The Bertz CT molecular complexity index is 520. The number of hydrogen-bond donors (Lipinski definition) is 2. The summed E-state index contributed by atoms with van der Waals surface area (Å²) in [6.07, 6.45) is 1.01. The number of nitrogens with one attached hydrogen (secondary N) is 1. The zero-order valence-corrected chi connectivity index (χ0v) is 12.0. The van der Waals surface area contributed by atoms with Gasteiger partial charge in [-0.3, -0.25) is 0 Å². The summed E-state index contributed by atoms with van der Waals surface area (Å²) in [7, 11) is 0. The highest BCUT2D eigenvalue weighted by molar-refractivity contribution is 5.48. The number of phenols is 1. The lowest BCUT2D eigenvalue weighted by molar-refractivity contribution is 0.317. The van der Waals surface area contributed by atoms with E-state index in [0.717, 1.165) is 24.5 Å². The first-order valence-corrected chi connectivity index (χ1v) is 6.97. The highest BCUT2D eigenvalue weighted by atomic mass is 16.5.